The van der Waals surface area contributed by atoms with E-state index >= 15 is 0 Å². The van der Waals surface area contributed by atoms with Crippen molar-refractivity contribution in [3.05, 3.63) is 65.9 Å². The molecule has 1 N–H and O–H groups in total. The van der Waals surface area contributed by atoms with Crippen LogP contribution in [-0.2, 0) is 9.59 Å². The minimum atomic E-state index is -0.721. The summed E-state index contributed by atoms with van der Waals surface area (Å²) in [5.41, 5.74) is 2.68. The summed E-state index contributed by atoms with van der Waals surface area (Å²) in [5.74, 6) is -1.92. The zero-order chi connectivity index (χ0) is 23.7. The first kappa shape index (κ1) is 22.1. The number of carbonyl (C=O) groups excluding carboxylic acids is 3. The van der Waals surface area contributed by atoms with E-state index in [2.05, 4.69) is 15.3 Å². The van der Waals surface area contributed by atoms with Crippen molar-refractivity contribution in [1.82, 2.24) is 9.97 Å². The van der Waals surface area contributed by atoms with Gasteiger partial charge < -0.3 is 15.0 Å². The second-order valence-electron chi connectivity index (χ2n) is 7.66. The fraction of sp³-hybridized carbons (Fsp3) is 0.208. The van der Waals surface area contributed by atoms with Crippen molar-refractivity contribution in [3.63, 3.8) is 0 Å². The lowest BCUT2D eigenvalue weighted by atomic mass is 9.98. The monoisotopic (exact) mass is 448 g/mol. The van der Waals surface area contributed by atoms with Crippen molar-refractivity contribution in [2.24, 2.45) is 0 Å². The van der Waals surface area contributed by atoms with Crippen molar-refractivity contribution in [2.75, 3.05) is 23.9 Å². The molecule has 0 radical (unpaired) electrons. The van der Waals surface area contributed by atoms with Gasteiger partial charge in [-0.15, -0.1) is 0 Å². The van der Waals surface area contributed by atoms with Crippen LogP contribution in [0.25, 0.3) is 11.1 Å². The standard InChI is InChI=1S/C24H21FN4O4/c1-13-23-18(8-16(25)10-27-23)19-11-26-22(33-3)9-20(19)29(24(13)32)12-21(31)28-17-6-4-15(5-7-17)14(2)30/h4-11,13H,12H2,1-3H3,(H,28,31). The fourth-order valence-corrected chi connectivity index (χ4v) is 3.74. The number of carbonyl (C=O) groups is 3. The number of methoxy groups -OCH3 is 1. The molecular weight excluding hydrogens is 427 g/mol. The molecule has 3 aromatic rings. The molecule has 168 valence electrons. The highest BCUT2D eigenvalue weighted by molar-refractivity contribution is 6.09. The number of rotatable bonds is 5. The molecule has 0 saturated heterocycles. The SMILES string of the molecule is COc1cc2c(cn1)-c1cc(F)cnc1C(C)C(=O)N2CC(=O)Nc1ccc(C(C)=O)cc1. The van der Waals surface area contributed by atoms with Crippen LogP contribution in [0.1, 0.15) is 35.8 Å². The summed E-state index contributed by atoms with van der Waals surface area (Å²) in [6, 6.07) is 9.30. The third kappa shape index (κ3) is 4.30. The Hall–Kier alpha value is -4.14. The van der Waals surface area contributed by atoms with E-state index in [4.69, 9.17) is 4.74 Å². The Kier molecular flexibility index (Phi) is 5.87. The average Bonchev–Trinajstić information content (AvgIpc) is 2.88. The van der Waals surface area contributed by atoms with E-state index < -0.39 is 17.6 Å². The van der Waals surface area contributed by atoms with Crippen LogP contribution in [0.5, 0.6) is 5.88 Å². The largest absolute Gasteiger partial charge is 0.481 e. The molecule has 1 atom stereocenters. The Balaban J connectivity index is 1.70. The molecule has 0 spiro atoms. The van der Waals surface area contributed by atoms with Crippen LogP contribution in [0.4, 0.5) is 15.8 Å². The zero-order valence-corrected chi connectivity index (χ0v) is 18.3. The molecule has 8 nitrogen and oxygen atoms in total. The summed E-state index contributed by atoms with van der Waals surface area (Å²) < 4.78 is 19.2. The Labute approximate surface area is 189 Å². The molecule has 1 unspecified atom stereocenters. The molecule has 0 fully saturated rings. The van der Waals surface area contributed by atoms with E-state index in [9.17, 15) is 18.8 Å². The van der Waals surface area contributed by atoms with Gasteiger partial charge in [-0.2, -0.15) is 0 Å². The summed E-state index contributed by atoms with van der Waals surface area (Å²) in [6.45, 7) is 2.82. The van der Waals surface area contributed by atoms with E-state index in [0.29, 0.717) is 33.8 Å². The number of ketones is 1. The van der Waals surface area contributed by atoms with Gasteiger partial charge in [0.15, 0.2) is 5.78 Å². The summed E-state index contributed by atoms with van der Waals surface area (Å²) in [6.07, 6.45) is 2.54. The van der Waals surface area contributed by atoms with Crippen LogP contribution in [0.15, 0.2) is 48.8 Å². The van der Waals surface area contributed by atoms with Gasteiger partial charge in [0.2, 0.25) is 17.7 Å². The van der Waals surface area contributed by atoms with E-state index in [1.165, 1.54) is 37.3 Å². The Morgan fingerprint density at radius 2 is 1.85 bits per heavy atom. The van der Waals surface area contributed by atoms with Gasteiger partial charge in [-0.1, -0.05) is 0 Å². The number of ether oxygens (including phenoxy) is 1. The zero-order valence-electron chi connectivity index (χ0n) is 18.3. The van der Waals surface area contributed by atoms with E-state index in [1.54, 1.807) is 31.2 Å². The van der Waals surface area contributed by atoms with Gasteiger partial charge in [0.1, 0.15) is 12.4 Å². The maximum Gasteiger partial charge on any atom is 0.244 e. The smallest absolute Gasteiger partial charge is 0.244 e. The number of benzene rings is 1. The lowest BCUT2D eigenvalue weighted by Crippen LogP contribution is -2.40. The highest BCUT2D eigenvalue weighted by Crippen LogP contribution is 2.41. The molecule has 2 amide bonds. The number of fused-ring (bicyclic) bond motifs is 3. The van der Waals surface area contributed by atoms with E-state index in [1.807, 2.05) is 0 Å². The maximum atomic E-state index is 14.0. The van der Waals surface area contributed by atoms with Crippen molar-refractivity contribution in [2.45, 2.75) is 19.8 Å². The number of hydrogen-bond acceptors (Lipinski definition) is 6. The predicted octanol–water partition coefficient (Wildman–Crippen LogP) is 3.58. The average molecular weight is 448 g/mol. The minimum absolute atomic E-state index is 0.0826. The Bertz CT molecular complexity index is 1260. The molecule has 0 bridgehead atoms. The normalized spacial score (nSPS) is 14.7. The van der Waals surface area contributed by atoms with Crippen LogP contribution < -0.4 is 15.0 Å². The second kappa shape index (κ2) is 8.78. The molecule has 3 heterocycles. The third-order valence-corrected chi connectivity index (χ3v) is 5.46. The first-order valence-electron chi connectivity index (χ1n) is 10.2. The first-order valence-corrected chi connectivity index (χ1v) is 10.2. The van der Waals surface area contributed by atoms with Gasteiger partial charge >= 0.3 is 0 Å². The summed E-state index contributed by atoms with van der Waals surface area (Å²) in [4.78, 5) is 47.4. The van der Waals surface area contributed by atoms with Gasteiger partial charge in [-0.25, -0.2) is 9.37 Å². The molecule has 1 aliphatic heterocycles. The number of aromatic nitrogens is 2. The minimum Gasteiger partial charge on any atom is -0.481 e. The van der Waals surface area contributed by atoms with Gasteiger partial charge in [0.25, 0.3) is 0 Å². The van der Waals surface area contributed by atoms with Gasteiger partial charge in [-0.3, -0.25) is 19.4 Å². The third-order valence-electron chi connectivity index (χ3n) is 5.46. The molecular formula is C24H21FN4O4. The number of halogens is 1. The molecule has 0 aliphatic carbocycles. The molecule has 1 aromatic carbocycles. The van der Waals surface area contributed by atoms with Crippen LogP contribution in [0.3, 0.4) is 0 Å². The molecule has 33 heavy (non-hydrogen) atoms. The van der Waals surface area contributed by atoms with Crippen molar-refractivity contribution in [3.8, 4) is 17.0 Å². The quantitative estimate of drug-likeness (QED) is 0.599. The number of amides is 2. The number of nitrogens with one attached hydrogen (secondary N) is 1. The van der Waals surface area contributed by atoms with E-state index in [0.717, 1.165) is 6.20 Å². The number of pyridine rings is 2. The number of nitrogens with zero attached hydrogens (tertiary/aromatic N) is 3. The Morgan fingerprint density at radius 3 is 2.52 bits per heavy atom. The van der Waals surface area contributed by atoms with Gasteiger partial charge in [0.05, 0.1) is 30.6 Å². The molecule has 1 aliphatic rings. The molecule has 0 saturated carbocycles. The summed E-state index contributed by atoms with van der Waals surface area (Å²) in [5, 5.41) is 2.73. The first-order chi connectivity index (χ1) is 15.8. The van der Waals surface area contributed by atoms with Gasteiger partial charge in [0, 0.05) is 34.6 Å². The number of anilines is 2. The maximum absolute atomic E-state index is 14.0. The van der Waals surface area contributed by atoms with Crippen LogP contribution in [0.2, 0.25) is 0 Å². The van der Waals surface area contributed by atoms with Crippen molar-refractivity contribution >= 4 is 29.0 Å². The summed E-state index contributed by atoms with van der Waals surface area (Å²) >= 11 is 0. The van der Waals surface area contributed by atoms with Gasteiger partial charge in [-0.05, 0) is 44.2 Å². The topological polar surface area (TPSA) is 101 Å². The molecule has 9 heteroatoms. The molecule has 2 aromatic heterocycles. The van der Waals surface area contributed by atoms with Crippen LogP contribution in [0, 0.1) is 5.82 Å². The Morgan fingerprint density at radius 1 is 1.12 bits per heavy atom. The lowest BCUT2D eigenvalue weighted by Gasteiger charge is -2.24. The second-order valence-corrected chi connectivity index (χ2v) is 7.66. The number of hydrogen-bond donors (Lipinski definition) is 1. The van der Waals surface area contributed by atoms with E-state index in [-0.39, 0.29) is 24.1 Å². The highest BCUT2D eigenvalue weighted by Gasteiger charge is 2.34. The molecule has 4 rings (SSSR count). The van der Waals surface area contributed by atoms with Crippen molar-refractivity contribution in [1.29, 1.82) is 0 Å². The predicted molar refractivity (Wildman–Crippen MR) is 120 cm³/mol. The number of Topliss-reactive ketones (excluding diaryl/α,β-unsaturated/α-hetero) is 1. The fourth-order valence-electron chi connectivity index (χ4n) is 3.74. The highest BCUT2D eigenvalue weighted by atomic mass is 19.1. The lowest BCUT2D eigenvalue weighted by molar-refractivity contribution is -0.122. The van der Waals surface area contributed by atoms with Crippen LogP contribution >= 0.6 is 0 Å². The van der Waals surface area contributed by atoms with Crippen LogP contribution in [-0.4, -0.2) is 41.2 Å². The van der Waals surface area contributed by atoms with Crippen molar-refractivity contribution < 1.29 is 23.5 Å². The summed E-state index contributed by atoms with van der Waals surface area (Å²) in [7, 11) is 1.44.